The average Bonchev–Trinajstić information content (AvgIpc) is 3.17. The molecule has 158 valence electrons. The molecule has 1 aliphatic heterocycles. The lowest BCUT2D eigenvalue weighted by Crippen LogP contribution is -2.48. The van der Waals surface area contributed by atoms with Gasteiger partial charge in [-0.1, -0.05) is 32.0 Å². The molecule has 0 aliphatic carbocycles. The first-order valence-corrected chi connectivity index (χ1v) is 10.5. The lowest BCUT2D eigenvalue weighted by Gasteiger charge is -2.35. The maximum atomic E-state index is 5.99. The van der Waals surface area contributed by atoms with Crippen LogP contribution in [0.15, 0.2) is 47.7 Å². The first-order valence-electron chi connectivity index (χ1n) is 10.5. The van der Waals surface area contributed by atoms with Crippen molar-refractivity contribution in [1.29, 1.82) is 0 Å². The first-order chi connectivity index (χ1) is 14.1. The Morgan fingerprint density at radius 1 is 1.31 bits per heavy atom. The van der Waals surface area contributed by atoms with Crippen LogP contribution in [0.25, 0.3) is 0 Å². The molecule has 1 aromatic heterocycles. The standard InChI is InChI=1S/C22H34N6O/c1-5-23-22(24-14-20(17(2)3)26-19-9-7-6-8-10-19)28-11-12-29-21(16-28)18-13-25-27(4)15-18/h6-10,13,15,17,20-21,26H,5,11-12,14,16H2,1-4H3,(H,23,24). The number of aromatic nitrogens is 2. The van der Waals surface area contributed by atoms with Crippen molar-refractivity contribution < 1.29 is 4.74 Å². The third-order valence-electron chi connectivity index (χ3n) is 5.17. The number of hydrogen-bond acceptors (Lipinski definition) is 4. The number of morpholine rings is 1. The first kappa shape index (κ1) is 21.2. The summed E-state index contributed by atoms with van der Waals surface area (Å²) in [5.74, 6) is 1.42. The van der Waals surface area contributed by atoms with Crippen LogP contribution in [-0.2, 0) is 11.8 Å². The van der Waals surface area contributed by atoms with Crippen LogP contribution in [-0.4, -0.2) is 59.5 Å². The normalized spacial score (nSPS) is 18.7. The Hall–Kier alpha value is -2.54. The molecule has 0 radical (unpaired) electrons. The fourth-order valence-corrected chi connectivity index (χ4v) is 3.43. The van der Waals surface area contributed by atoms with E-state index in [9.17, 15) is 0 Å². The molecule has 1 saturated heterocycles. The minimum Gasteiger partial charge on any atom is -0.380 e. The molecule has 7 heteroatoms. The van der Waals surface area contributed by atoms with Crippen LogP contribution >= 0.6 is 0 Å². The maximum absolute atomic E-state index is 5.99. The molecule has 1 fully saturated rings. The van der Waals surface area contributed by atoms with Gasteiger partial charge < -0.3 is 20.3 Å². The molecule has 29 heavy (non-hydrogen) atoms. The van der Waals surface area contributed by atoms with Crippen molar-refractivity contribution in [3.8, 4) is 0 Å². The third-order valence-corrected chi connectivity index (χ3v) is 5.17. The quantitative estimate of drug-likeness (QED) is 0.555. The molecule has 0 bridgehead atoms. The van der Waals surface area contributed by atoms with Gasteiger partial charge in [-0.25, -0.2) is 0 Å². The Morgan fingerprint density at radius 2 is 2.10 bits per heavy atom. The highest BCUT2D eigenvalue weighted by molar-refractivity contribution is 5.80. The maximum Gasteiger partial charge on any atom is 0.194 e. The minimum absolute atomic E-state index is 0.0182. The van der Waals surface area contributed by atoms with Crippen LogP contribution in [0, 0.1) is 5.92 Å². The highest BCUT2D eigenvalue weighted by atomic mass is 16.5. The second-order valence-corrected chi connectivity index (χ2v) is 7.81. The molecule has 0 amide bonds. The zero-order valence-corrected chi connectivity index (χ0v) is 18.0. The summed E-state index contributed by atoms with van der Waals surface area (Å²) < 4.78 is 7.81. The Bertz CT molecular complexity index is 773. The summed E-state index contributed by atoms with van der Waals surface area (Å²) in [7, 11) is 1.93. The Kier molecular flexibility index (Phi) is 7.52. The van der Waals surface area contributed by atoms with Crippen molar-refractivity contribution in [1.82, 2.24) is 20.0 Å². The molecule has 1 aromatic carbocycles. The van der Waals surface area contributed by atoms with Crippen LogP contribution in [0.3, 0.4) is 0 Å². The van der Waals surface area contributed by atoms with Gasteiger partial charge in [0.15, 0.2) is 5.96 Å². The Morgan fingerprint density at radius 3 is 2.76 bits per heavy atom. The summed E-state index contributed by atoms with van der Waals surface area (Å²) in [6.45, 7) is 10.4. The largest absolute Gasteiger partial charge is 0.380 e. The number of guanidine groups is 1. The van der Waals surface area contributed by atoms with Crippen molar-refractivity contribution >= 4 is 11.6 Å². The summed E-state index contributed by atoms with van der Waals surface area (Å²) in [6, 6.07) is 10.6. The number of anilines is 1. The molecule has 2 unspecified atom stereocenters. The van der Waals surface area contributed by atoms with Gasteiger partial charge in [0.05, 0.1) is 25.9 Å². The summed E-state index contributed by atoms with van der Waals surface area (Å²) in [4.78, 5) is 7.28. The summed E-state index contributed by atoms with van der Waals surface area (Å²) in [5, 5.41) is 11.4. The summed E-state index contributed by atoms with van der Waals surface area (Å²) in [5.41, 5.74) is 2.24. The van der Waals surface area contributed by atoms with Gasteiger partial charge in [0.1, 0.15) is 6.10 Å². The predicted molar refractivity (Wildman–Crippen MR) is 118 cm³/mol. The number of para-hydroxylation sites is 1. The van der Waals surface area contributed by atoms with E-state index in [2.05, 4.69) is 65.7 Å². The molecule has 7 nitrogen and oxygen atoms in total. The van der Waals surface area contributed by atoms with Gasteiger partial charge in [-0.2, -0.15) is 5.10 Å². The lowest BCUT2D eigenvalue weighted by molar-refractivity contribution is -0.00805. The van der Waals surface area contributed by atoms with Gasteiger partial charge in [0.25, 0.3) is 0 Å². The number of nitrogens with one attached hydrogen (secondary N) is 2. The number of benzene rings is 1. The molecule has 2 heterocycles. The van der Waals surface area contributed by atoms with Crippen molar-refractivity contribution in [2.75, 3.05) is 38.1 Å². The molecular weight excluding hydrogens is 364 g/mol. The summed E-state index contributed by atoms with van der Waals surface area (Å²) in [6.07, 6.45) is 3.93. The van der Waals surface area contributed by atoms with E-state index in [-0.39, 0.29) is 12.1 Å². The smallest absolute Gasteiger partial charge is 0.194 e. The summed E-state index contributed by atoms with van der Waals surface area (Å²) >= 11 is 0. The van der Waals surface area contributed by atoms with Crippen LogP contribution in [0.5, 0.6) is 0 Å². The van der Waals surface area contributed by atoms with Crippen LogP contribution in [0.2, 0.25) is 0 Å². The molecule has 2 aromatic rings. The van der Waals surface area contributed by atoms with E-state index < -0.39 is 0 Å². The van der Waals surface area contributed by atoms with Crippen LogP contribution < -0.4 is 10.6 Å². The van der Waals surface area contributed by atoms with E-state index in [4.69, 9.17) is 9.73 Å². The molecule has 2 atom stereocenters. The van der Waals surface area contributed by atoms with Gasteiger partial charge in [-0.3, -0.25) is 9.67 Å². The van der Waals surface area contributed by atoms with Crippen LogP contribution in [0.4, 0.5) is 5.69 Å². The van der Waals surface area contributed by atoms with Crippen molar-refractivity contribution in [3.05, 3.63) is 48.3 Å². The van der Waals surface area contributed by atoms with Gasteiger partial charge in [-0.15, -0.1) is 0 Å². The van der Waals surface area contributed by atoms with E-state index in [1.54, 1.807) is 0 Å². The lowest BCUT2D eigenvalue weighted by atomic mass is 10.0. The van der Waals surface area contributed by atoms with Gasteiger partial charge in [0, 0.05) is 43.6 Å². The van der Waals surface area contributed by atoms with Gasteiger partial charge in [-0.05, 0) is 25.0 Å². The zero-order chi connectivity index (χ0) is 20.6. The van der Waals surface area contributed by atoms with Crippen molar-refractivity contribution in [2.24, 2.45) is 18.0 Å². The number of rotatable bonds is 7. The Balaban J connectivity index is 1.68. The second kappa shape index (κ2) is 10.3. The van der Waals surface area contributed by atoms with E-state index in [1.807, 2.05) is 30.2 Å². The molecule has 1 aliphatic rings. The van der Waals surface area contributed by atoms with Crippen molar-refractivity contribution in [3.63, 3.8) is 0 Å². The Labute approximate surface area is 174 Å². The molecular formula is C22H34N6O. The fourth-order valence-electron chi connectivity index (χ4n) is 3.43. The molecule has 3 rings (SSSR count). The zero-order valence-electron chi connectivity index (χ0n) is 18.0. The topological polar surface area (TPSA) is 66.7 Å². The minimum atomic E-state index is 0.0182. The van der Waals surface area contributed by atoms with Crippen LogP contribution in [0.1, 0.15) is 32.4 Å². The van der Waals surface area contributed by atoms with E-state index in [0.717, 1.165) is 36.8 Å². The number of aryl methyl sites for hydroxylation is 1. The number of aliphatic imine (C=N–C) groups is 1. The third kappa shape index (κ3) is 5.97. The highest BCUT2D eigenvalue weighted by Gasteiger charge is 2.25. The highest BCUT2D eigenvalue weighted by Crippen LogP contribution is 2.22. The average molecular weight is 399 g/mol. The van der Waals surface area contributed by atoms with Gasteiger partial charge >= 0.3 is 0 Å². The van der Waals surface area contributed by atoms with E-state index in [0.29, 0.717) is 19.1 Å². The molecule has 0 saturated carbocycles. The van der Waals surface area contributed by atoms with E-state index in [1.165, 1.54) is 0 Å². The van der Waals surface area contributed by atoms with E-state index >= 15 is 0 Å². The number of ether oxygens (including phenoxy) is 1. The SMILES string of the molecule is CCNC(=NCC(Nc1ccccc1)C(C)C)N1CCOC(c2cnn(C)c2)C1. The molecule has 0 spiro atoms. The van der Waals surface area contributed by atoms with Crippen molar-refractivity contribution in [2.45, 2.75) is 32.9 Å². The molecule has 2 N–H and O–H groups in total. The number of hydrogen-bond donors (Lipinski definition) is 2. The second-order valence-electron chi connectivity index (χ2n) is 7.81. The fraction of sp³-hybridized carbons (Fsp3) is 0.545. The number of nitrogens with zero attached hydrogens (tertiary/aromatic N) is 4. The predicted octanol–water partition coefficient (Wildman–Crippen LogP) is 2.90. The van der Waals surface area contributed by atoms with Gasteiger partial charge in [0.2, 0.25) is 0 Å². The monoisotopic (exact) mass is 398 g/mol.